The highest BCUT2D eigenvalue weighted by Gasteiger charge is 2.26. The Kier molecular flexibility index (Phi) is 13.1. The van der Waals surface area contributed by atoms with E-state index in [1.807, 2.05) is 0 Å². The topological polar surface area (TPSA) is 43.4 Å². The van der Waals surface area contributed by atoms with Crippen molar-refractivity contribution in [2.24, 2.45) is 5.41 Å². The average Bonchev–Trinajstić information content (AvgIpc) is 2.49. The average molecular weight is 327 g/mol. The molecule has 23 heavy (non-hydrogen) atoms. The Morgan fingerprint density at radius 3 is 1.78 bits per heavy atom. The molecule has 0 radical (unpaired) electrons. The van der Waals surface area contributed by atoms with Gasteiger partial charge in [0.15, 0.2) is 5.78 Å². The van der Waals surface area contributed by atoms with Crippen molar-refractivity contribution in [1.82, 2.24) is 0 Å². The van der Waals surface area contributed by atoms with Crippen LogP contribution in [-0.2, 0) is 14.3 Å². The molecule has 0 rings (SSSR count). The van der Waals surface area contributed by atoms with Crippen molar-refractivity contribution in [2.45, 2.75) is 105 Å². The number of hydrogen-bond acceptors (Lipinski definition) is 3. The van der Waals surface area contributed by atoms with Gasteiger partial charge in [0.05, 0.1) is 0 Å². The zero-order valence-corrected chi connectivity index (χ0v) is 15.9. The summed E-state index contributed by atoms with van der Waals surface area (Å²) in [6.45, 7) is 7.98. The van der Waals surface area contributed by atoms with Crippen molar-refractivity contribution in [3.63, 3.8) is 0 Å². The normalized spacial score (nSPS) is 13.6. The maximum Gasteiger partial charge on any atom is 0.303 e. The fourth-order valence-electron chi connectivity index (χ4n) is 3.14. The highest BCUT2D eigenvalue weighted by Crippen LogP contribution is 2.35. The first kappa shape index (κ1) is 22.1. The van der Waals surface area contributed by atoms with Gasteiger partial charge in [0, 0.05) is 13.3 Å². The van der Waals surface area contributed by atoms with E-state index < -0.39 is 0 Å². The second-order valence-corrected chi connectivity index (χ2v) is 7.28. The van der Waals surface area contributed by atoms with Crippen molar-refractivity contribution >= 4 is 11.8 Å². The largest absolute Gasteiger partial charge is 0.458 e. The summed E-state index contributed by atoms with van der Waals surface area (Å²) in [7, 11) is 0. The lowest BCUT2D eigenvalue weighted by atomic mass is 9.76. The van der Waals surface area contributed by atoms with Crippen LogP contribution in [0.15, 0.2) is 0 Å². The van der Waals surface area contributed by atoms with E-state index in [-0.39, 0.29) is 23.8 Å². The van der Waals surface area contributed by atoms with Crippen LogP contribution in [0.1, 0.15) is 105 Å². The molecular weight excluding hydrogens is 288 g/mol. The first-order chi connectivity index (χ1) is 10.9. The van der Waals surface area contributed by atoms with Crippen molar-refractivity contribution in [3.05, 3.63) is 0 Å². The van der Waals surface area contributed by atoms with E-state index >= 15 is 0 Å². The molecule has 0 spiro atoms. The van der Waals surface area contributed by atoms with E-state index in [1.54, 1.807) is 0 Å². The van der Waals surface area contributed by atoms with Crippen LogP contribution in [0.2, 0.25) is 0 Å². The minimum absolute atomic E-state index is 0.0598. The van der Waals surface area contributed by atoms with Gasteiger partial charge in [-0.25, -0.2) is 0 Å². The van der Waals surface area contributed by atoms with Gasteiger partial charge in [-0.15, -0.1) is 0 Å². The molecule has 0 aromatic heterocycles. The third-order valence-electron chi connectivity index (χ3n) is 4.58. The number of carbonyl (C=O) groups excluding carboxylic acids is 2. The summed E-state index contributed by atoms with van der Waals surface area (Å²) in [4.78, 5) is 23.0. The van der Waals surface area contributed by atoms with Crippen LogP contribution >= 0.6 is 0 Å². The predicted octanol–water partition coefficient (Wildman–Crippen LogP) is 5.85. The Morgan fingerprint density at radius 1 is 0.826 bits per heavy atom. The Bertz CT molecular complexity index is 325. The second kappa shape index (κ2) is 13.6. The number of unbranched alkanes of at least 4 members (excludes halogenated alkanes) is 7. The Hall–Kier alpha value is -0.860. The van der Waals surface area contributed by atoms with Gasteiger partial charge in [0.25, 0.3) is 0 Å². The third kappa shape index (κ3) is 13.3. The SMILES string of the molecule is CCCCCCCC(C)(CCCCCC)CC(=O)COC(C)=O. The number of Topliss-reactive ketones (excluding diaryl/α,β-unsaturated/α-hetero) is 1. The summed E-state index contributed by atoms with van der Waals surface area (Å²) >= 11 is 0. The molecule has 1 unspecified atom stereocenters. The fourth-order valence-corrected chi connectivity index (χ4v) is 3.14. The molecule has 136 valence electrons. The van der Waals surface area contributed by atoms with Crippen LogP contribution in [0.4, 0.5) is 0 Å². The highest BCUT2D eigenvalue weighted by molar-refractivity contribution is 5.82. The van der Waals surface area contributed by atoms with Crippen LogP contribution in [-0.4, -0.2) is 18.4 Å². The lowest BCUT2D eigenvalue weighted by Crippen LogP contribution is -2.24. The Labute approximate surface area is 143 Å². The van der Waals surface area contributed by atoms with Gasteiger partial charge < -0.3 is 4.74 Å². The Balaban J connectivity index is 4.33. The zero-order chi connectivity index (χ0) is 17.6. The maximum absolute atomic E-state index is 12.1. The summed E-state index contributed by atoms with van der Waals surface area (Å²) in [6.07, 6.45) is 14.0. The molecule has 0 saturated heterocycles. The van der Waals surface area contributed by atoms with Crippen LogP contribution in [0, 0.1) is 5.41 Å². The summed E-state index contributed by atoms with van der Waals surface area (Å²) in [5.41, 5.74) is 0.0667. The molecule has 0 amide bonds. The van der Waals surface area contributed by atoms with Gasteiger partial charge in [-0.05, 0) is 18.3 Å². The third-order valence-corrected chi connectivity index (χ3v) is 4.58. The molecule has 0 aliphatic rings. The molecule has 0 bridgehead atoms. The van der Waals surface area contributed by atoms with Gasteiger partial charge >= 0.3 is 5.97 Å². The number of hydrogen-bond donors (Lipinski definition) is 0. The quantitative estimate of drug-likeness (QED) is 0.280. The molecule has 1 atom stereocenters. The van der Waals surface area contributed by atoms with Gasteiger partial charge in [-0.2, -0.15) is 0 Å². The van der Waals surface area contributed by atoms with Crippen molar-refractivity contribution in [1.29, 1.82) is 0 Å². The summed E-state index contributed by atoms with van der Waals surface area (Å²) in [5.74, 6) is -0.311. The molecule has 0 heterocycles. The molecule has 0 aromatic carbocycles. The molecule has 0 aliphatic heterocycles. The fraction of sp³-hybridized carbons (Fsp3) is 0.900. The molecule has 0 aliphatic carbocycles. The first-order valence-electron chi connectivity index (χ1n) is 9.58. The zero-order valence-electron chi connectivity index (χ0n) is 15.9. The van der Waals surface area contributed by atoms with Crippen LogP contribution < -0.4 is 0 Å². The molecule has 3 heteroatoms. The minimum atomic E-state index is -0.373. The molecule has 0 saturated carbocycles. The monoisotopic (exact) mass is 326 g/mol. The number of carbonyl (C=O) groups is 2. The van der Waals surface area contributed by atoms with E-state index in [0.717, 1.165) is 12.8 Å². The van der Waals surface area contributed by atoms with Crippen LogP contribution in [0.5, 0.6) is 0 Å². The number of esters is 1. The molecule has 3 nitrogen and oxygen atoms in total. The lowest BCUT2D eigenvalue weighted by molar-refractivity contribution is -0.146. The van der Waals surface area contributed by atoms with Gasteiger partial charge in [-0.1, -0.05) is 78.6 Å². The van der Waals surface area contributed by atoms with E-state index in [9.17, 15) is 9.59 Å². The van der Waals surface area contributed by atoms with Crippen molar-refractivity contribution < 1.29 is 14.3 Å². The van der Waals surface area contributed by atoms with Gasteiger partial charge in [0.2, 0.25) is 0 Å². The van der Waals surface area contributed by atoms with Crippen LogP contribution in [0.3, 0.4) is 0 Å². The number of rotatable bonds is 15. The van der Waals surface area contributed by atoms with Crippen molar-refractivity contribution in [3.8, 4) is 0 Å². The number of ether oxygens (including phenoxy) is 1. The summed E-state index contributed by atoms with van der Waals surface area (Å²) in [5, 5.41) is 0. The molecule has 0 fully saturated rings. The maximum atomic E-state index is 12.1. The van der Waals surface area contributed by atoms with E-state index in [1.165, 1.54) is 64.7 Å². The van der Waals surface area contributed by atoms with Crippen LogP contribution in [0.25, 0.3) is 0 Å². The van der Waals surface area contributed by atoms with E-state index in [4.69, 9.17) is 4.74 Å². The smallest absolute Gasteiger partial charge is 0.303 e. The number of ketones is 1. The van der Waals surface area contributed by atoms with Crippen molar-refractivity contribution in [2.75, 3.05) is 6.61 Å². The Morgan fingerprint density at radius 2 is 1.30 bits per heavy atom. The minimum Gasteiger partial charge on any atom is -0.458 e. The first-order valence-corrected chi connectivity index (χ1v) is 9.58. The van der Waals surface area contributed by atoms with Gasteiger partial charge in [0.1, 0.15) is 6.61 Å². The van der Waals surface area contributed by atoms with E-state index in [0.29, 0.717) is 6.42 Å². The highest BCUT2D eigenvalue weighted by atomic mass is 16.5. The molecule has 0 N–H and O–H groups in total. The predicted molar refractivity (Wildman–Crippen MR) is 96.5 cm³/mol. The summed E-state index contributed by atoms with van der Waals surface area (Å²) < 4.78 is 4.86. The standard InChI is InChI=1S/C20H38O3/c1-5-7-9-11-13-15-20(4,14-12-10-8-6-2)16-19(22)17-23-18(3)21/h5-17H2,1-4H3. The second-order valence-electron chi connectivity index (χ2n) is 7.28. The summed E-state index contributed by atoms with van der Waals surface area (Å²) in [6, 6.07) is 0. The lowest BCUT2D eigenvalue weighted by Gasteiger charge is -2.29. The van der Waals surface area contributed by atoms with Gasteiger partial charge in [-0.3, -0.25) is 9.59 Å². The molecule has 0 aromatic rings. The molecular formula is C20H38O3. The van der Waals surface area contributed by atoms with E-state index in [2.05, 4.69) is 20.8 Å².